The van der Waals surface area contributed by atoms with E-state index < -0.39 is 0 Å². The first-order valence-electron chi connectivity index (χ1n) is 11.2. The summed E-state index contributed by atoms with van der Waals surface area (Å²) in [5.74, 6) is 9.26. The van der Waals surface area contributed by atoms with Crippen LogP contribution >= 0.6 is 0 Å². The summed E-state index contributed by atoms with van der Waals surface area (Å²) in [6.07, 6.45) is 14.9. The Balaban J connectivity index is 1.53. The minimum Gasteiger partial charge on any atom is -0.462 e. The molecule has 2 unspecified atom stereocenters. The zero-order chi connectivity index (χ0) is 19.9. The second-order valence-corrected chi connectivity index (χ2v) is 10.5. The Hall–Kier alpha value is -1.61. The van der Waals surface area contributed by atoms with Crippen molar-refractivity contribution in [1.82, 2.24) is 0 Å². The summed E-state index contributed by atoms with van der Waals surface area (Å²) in [6.45, 7) is 4.91. The normalized spacial score (nSPS) is 46.6. The maximum atomic E-state index is 12.8. The van der Waals surface area contributed by atoms with Crippen molar-refractivity contribution in [2.24, 2.45) is 46.3 Å². The minimum atomic E-state index is 0.123. The van der Waals surface area contributed by atoms with Crippen molar-refractivity contribution in [2.45, 2.75) is 78.1 Å². The maximum absolute atomic E-state index is 12.8. The lowest BCUT2D eigenvalue weighted by Crippen LogP contribution is -2.53. The molecule has 4 rings (SSSR count). The SMILES string of the molecule is C[C@]12CC[C@H]3[C@@H](CCC4CC(C#CO)CC[C@@]43C)[C@@H]1CC[C@@H]2C(=O)CC#CO. The first-order valence-corrected chi connectivity index (χ1v) is 11.2. The molecule has 3 heteroatoms. The molecule has 28 heavy (non-hydrogen) atoms. The Morgan fingerprint density at radius 2 is 1.68 bits per heavy atom. The van der Waals surface area contributed by atoms with Crippen molar-refractivity contribution >= 4 is 5.78 Å². The number of carbonyl (C=O) groups is 1. The predicted molar refractivity (Wildman–Crippen MR) is 108 cm³/mol. The Morgan fingerprint density at radius 1 is 0.929 bits per heavy atom. The Morgan fingerprint density at radius 3 is 2.43 bits per heavy atom. The molecule has 0 spiro atoms. The molecule has 0 aliphatic heterocycles. The fraction of sp³-hybridized carbons (Fsp3) is 0.800. The third-order valence-electron chi connectivity index (χ3n) is 9.66. The summed E-state index contributed by atoms with van der Waals surface area (Å²) in [4.78, 5) is 12.8. The summed E-state index contributed by atoms with van der Waals surface area (Å²) < 4.78 is 0. The van der Waals surface area contributed by atoms with Gasteiger partial charge in [0.2, 0.25) is 0 Å². The number of aliphatic hydroxyl groups is 2. The Kier molecular flexibility index (Phi) is 5.16. The van der Waals surface area contributed by atoms with Crippen LogP contribution in [0.5, 0.6) is 0 Å². The fourth-order valence-electron chi connectivity index (χ4n) is 8.26. The molecule has 0 aromatic carbocycles. The number of ketones is 1. The molecule has 0 aromatic rings. The average molecular weight is 383 g/mol. The van der Waals surface area contributed by atoms with Gasteiger partial charge < -0.3 is 10.2 Å². The van der Waals surface area contributed by atoms with Gasteiger partial charge in [-0.2, -0.15) is 0 Å². The van der Waals surface area contributed by atoms with Crippen molar-refractivity contribution in [1.29, 1.82) is 0 Å². The lowest BCUT2D eigenvalue weighted by molar-refractivity contribution is -0.135. The van der Waals surface area contributed by atoms with Crippen molar-refractivity contribution in [3.8, 4) is 24.1 Å². The molecule has 3 nitrogen and oxygen atoms in total. The summed E-state index contributed by atoms with van der Waals surface area (Å²) in [5.41, 5.74) is 0.528. The molecule has 8 atom stereocenters. The van der Waals surface area contributed by atoms with Gasteiger partial charge in [-0.15, -0.1) is 0 Å². The van der Waals surface area contributed by atoms with Crippen molar-refractivity contribution in [3.05, 3.63) is 0 Å². The van der Waals surface area contributed by atoms with Crippen molar-refractivity contribution < 1.29 is 15.0 Å². The predicted octanol–water partition coefficient (Wildman–Crippen LogP) is 4.89. The fourth-order valence-corrected chi connectivity index (χ4v) is 8.26. The van der Waals surface area contributed by atoms with Gasteiger partial charge in [0.05, 0.1) is 6.42 Å². The summed E-state index contributed by atoms with van der Waals surface area (Å²) in [6, 6.07) is 0. The van der Waals surface area contributed by atoms with E-state index in [1.54, 1.807) is 0 Å². The molecule has 4 fully saturated rings. The largest absolute Gasteiger partial charge is 0.462 e. The quantitative estimate of drug-likeness (QED) is 0.669. The second-order valence-electron chi connectivity index (χ2n) is 10.5. The van der Waals surface area contributed by atoms with E-state index >= 15 is 0 Å². The van der Waals surface area contributed by atoms with E-state index in [0.717, 1.165) is 43.4 Å². The number of hydrogen-bond donors (Lipinski definition) is 2. The summed E-state index contributed by atoms with van der Waals surface area (Å²) >= 11 is 0. The third kappa shape index (κ3) is 2.94. The van der Waals surface area contributed by atoms with E-state index in [9.17, 15) is 4.79 Å². The van der Waals surface area contributed by atoms with Crippen LogP contribution in [0.3, 0.4) is 0 Å². The Bertz CT molecular complexity index is 749. The van der Waals surface area contributed by atoms with Gasteiger partial charge in [0.1, 0.15) is 18.0 Å². The van der Waals surface area contributed by atoms with E-state index in [4.69, 9.17) is 10.2 Å². The van der Waals surface area contributed by atoms with E-state index in [1.165, 1.54) is 32.1 Å². The standard InChI is InChI=1S/C25H34O3/c1-24-12-9-17(11-15-27)16-18(24)5-6-19-20-7-8-22(23(28)4-3-14-26)25(20,2)13-10-21(19)24/h17-22,26-27H,4-10,12-13,16H2,1-2H3/t17?,18?,19-,20-,21-,22+,24-,25-/m0/s1. The highest BCUT2D eigenvalue weighted by Gasteiger charge is 2.60. The molecular weight excluding hydrogens is 348 g/mol. The molecule has 0 saturated heterocycles. The van der Waals surface area contributed by atoms with Gasteiger partial charge >= 0.3 is 0 Å². The van der Waals surface area contributed by atoms with Crippen LogP contribution in [-0.4, -0.2) is 16.0 Å². The first kappa shape index (κ1) is 19.7. The molecule has 0 heterocycles. The highest BCUT2D eigenvalue weighted by molar-refractivity contribution is 5.84. The highest BCUT2D eigenvalue weighted by atomic mass is 16.2. The van der Waals surface area contributed by atoms with Crippen LogP contribution in [0.1, 0.15) is 78.1 Å². The van der Waals surface area contributed by atoms with E-state index in [2.05, 4.69) is 31.8 Å². The average Bonchev–Trinajstić information content (AvgIpc) is 3.04. The number of aliphatic hydroxyl groups excluding tert-OH is 2. The van der Waals surface area contributed by atoms with Gasteiger partial charge in [-0.3, -0.25) is 4.79 Å². The van der Waals surface area contributed by atoms with Gasteiger partial charge in [0, 0.05) is 11.8 Å². The molecular formula is C25H34O3. The number of carbonyl (C=O) groups excluding carboxylic acids is 1. The third-order valence-corrected chi connectivity index (χ3v) is 9.66. The first-order chi connectivity index (χ1) is 13.4. The number of rotatable bonds is 2. The van der Waals surface area contributed by atoms with Crippen LogP contribution in [0.25, 0.3) is 0 Å². The van der Waals surface area contributed by atoms with Crippen LogP contribution in [0.15, 0.2) is 0 Å². The molecule has 152 valence electrons. The van der Waals surface area contributed by atoms with Crippen LogP contribution in [0, 0.1) is 70.4 Å². The van der Waals surface area contributed by atoms with Crippen LogP contribution in [-0.2, 0) is 4.79 Å². The number of fused-ring (bicyclic) bond motifs is 5. The molecule has 0 bridgehead atoms. The minimum absolute atomic E-state index is 0.123. The lowest BCUT2D eigenvalue weighted by atomic mass is 9.44. The monoisotopic (exact) mass is 382 g/mol. The zero-order valence-electron chi connectivity index (χ0n) is 17.3. The van der Waals surface area contributed by atoms with E-state index in [-0.39, 0.29) is 23.5 Å². The smallest absolute Gasteiger partial charge is 0.148 e. The van der Waals surface area contributed by atoms with Crippen molar-refractivity contribution in [2.75, 3.05) is 0 Å². The topological polar surface area (TPSA) is 57.5 Å². The van der Waals surface area contributed by atoms with Gasteiger partial charge in [0.15, 0.2) is 0 Å². The van der Waals surface area contributed by atoms with Crippen LogP contribution in [0.2, 0.25) is 0 Å². The van der Waals surface area contributed by atoms with Gasteiger partial charge in [-0.1, -0.05) is 25.7 Å². The zero-order valence-corrected chi connectivity index (χ0v) is 17.3. The summed E-state index contributed by atoms with van der Waals surface area (Å²) in [7, 11) is 0. The van der Waals surface area contributed by atoms with Gasteiger partial charge in [-0.05, 0) is 92.3 Å². The molecule has 4 aliphatic rings. The number of hydrogen-bond acceptors (Lipinski definition) is 3. The number of Topliss-reactive ketones (excluding diaryl/α,β-unsaturated/α-hetero) is 1. The Labute approximate surface area is 169 Å². The molecule has 4 aliphatic carbocycles. The van der Waals surface area contributed by atoms with Gasteiger partial charge in [0.25, 0.3) is 0 Å². The van der Waals surface area contributed by atoms with E-state index in [1.807, 2.05) is 6.11 Å². The van der Waals surface area contributed by atoms with Crippen LogP contribution in [0.4, 0.5) is 0 Å². The summed E-state index contributed by atoms with van der Waals surface area (Å²) in [5, 5.41) is 17.8. The molecule has 2 N–H and O–H groups in total. The maximum Gasteiger partial charge on any atom is 0.148 e. The molecule has 0 aromatic heterocycles. The highest BCUT2D eigenvalue weighted by Crippen LogP contribution is 2.67. The molecule has 0 radical (unpaired) electrons. The van der Waals surface area contributed by atoms with Crippen LogP contribution < -0.4 is 0 Å². The van der Waals surface area contributed by atoms with Crippen molar-refractivity contribution in [3.63, 3.8) is 0 Å². The second kappa shape index (κ2) is 7.33. The van der Waals surface area contributed by atoms with Gasteiger partial charge in [-0.25, -0.2) is 0 Å². The van der Waals surface area contributed by atoms with E-state index in [0.29, 0.717) is 17.3 Å². The lowest BCUT2D eigenvalue weighted by Gasteiger charge is -2.61. The molecule has 4 saturated carbocycles. The molecule has 0 amide bonds.